The maximum Gasteiger partial charge on any atom is 0.248 e. The van der Waals surface area contributed by atoms with Crippen molar-refractivity contribution in [3.8, 4) is 5.75 Å². The molecule has 0 aliphatic heterocycles. The Morgan fingerprint density at radius 2 is 1.89 bits per heavy atom. The molecule has 1 atom stereocenters. The molecule has 0 heterocycles. The van der Waals surface area contributed by atoms with Gasteiger partial charge in [0.25, 0.3) is 0 Å². The van der Waals surface area contributed by atoms with Crippen LogP contribution >= 0.6 is 11.6 Å². The van der Waals surface area contributed by atoms with E-state index in [1.54, 1.807) is 25.1 Å². The maximum absolute atomic E-state index is 13.0. The molecular formula is C20H25ClN2O4S. The Kier molecular flexibility index (Phi) is 6.96. The first kappa shape index (κ1) is 22.0. The van der Waals surface area contributed by atoms with E-state index >= 15 is 0 Å². The lowest BCUT2D eigenvalue weighted by molar-refractivity contribution is -0.117. The van der Waals surface area contributed by atoms with Crippen molar-refractivity contribution in [3.63, 3.8) is 0 Å². The third kappa shape index (κ3) is 4.97. The molecule has 28 heavy (non-hydrogen) atoms. The second-order valence-electron chi connectivity index (χ2n) is 6.61. The molecule has 0 aliphatic carbocycles. The fourth-order valence-electron chi connectivity index (χ4n) is 3.04. The summed E-state index contributed by atoms with van der Waals surface area (Å²) >= 11 is 6.08. The van der Waals surface area contributed by atoms with E-state index in [0.29, 0.717) is 16.5 Å². The van der Waals surface area contributed by atoms with E-state index in [-0.39, 0.29) is 12.1 Å². The van der Waals surface area contributed by atoms with Crippen LogP contribution in [0.5, 0.6) is 5.75 Å². The Labute approximate surface area is 171 Å². The number of hydrogen-bond acceptors (Lipinski definition) is 4. The summed E-state index contributed by atoms with van der Waals surface area (Å²) in [4.78, 5) is 13.0. The van der Waals surface area contributed by atoms with E-state index in [9.17, 15) is 13.2 Å². The number of amides is 1. The highest BCUT2D eigenvalue weighted by atomic mass is 35.5. The van der Waals surface area contributed by atoms with Crippen LogP contribution in [0.1, 0.15) is 24.5 Å². The zero-order valence-corrected chi connectivity index (χ0v) is 18.2. The number of halogens is 1. The van der Waals surface area contributed by atoms with E-state index in [1.807, 2.05) is 26.0 Å². The smallest absolute Gasteiger partial charge is 0.248 e. The number of rotatable bonds is 7. The average molecular weight is 425 g/mol. The zero-order valence-electron chi connectivity index (χ0n) is 16.6. The quantitative estimate of drug-likeness (QED) is 0.724. The predicted octanol–water partition coefficient (Wildman–Crippen LogP) is 4.15. The molecule has 152 valence electrons. The van der Waals surface area contributed by atoms with Crippen molar-refractivity contribution in [1.29, 1.82) is 0 Å². The van der Waals surface area contributed by atoms with Crippen LogP contribution in [0.4, 0.5) is 11.4 Å². The number of carbonyl (C=O) groups is 1. The van der Waals surface area contributed by atoms with Gasteiger partial charge in [-0.15, -0.1) is 0 Å². The Balaban J connectivity index is 2.49. The molecule has 0 bridgehead atoms. The minimum absolute atomic E-state index is 0.222. The van der Waals surface area contributed by atoms with Gasteiger partial charge in [-0.25, -0.2) is 8.42 Å². The molecule has 1 N–H and O–H groups in total. The SMILES string of the molecule is CC[C@H](C(=O)Nc1ccc(C)cc1C)N(c1cc(Cl)ccc1OC)S(C)(=O)=O. The Morgan fingerprint density at radius 3 is 2.43 bits per heavy atom. The average Bonchev–Trinajstić information content (AvgIpc) is 2.60. The first-order chi connectivity index (χ1) is 13.1. The van der Waals surface area contributed by atoms with Gasteiger partial charge in [0, 0.05) is 10.7 Å². The van der Waals surface area contributed by atoms with Crippen LogP contribution in [0.3, 0.4) is 0 Å². The topological polar surface area (TPSA) is 75.7 Å². The van der Waals surface area contributed by atoms with Crippen molar-refractivity contribution in [3.05, 3.63) is 52.5 Å². The number of nitrogens with zero attached hydrogens (tertiary/aromatic N) is 1. The number of sulfonamides is 1. The van der Waals surface area contributed by atoms with E-state index in [2.05, 4.69) is 5.32 Å². The van der Waals surface area contributed by atoms with Crippen molar-refractivity contribution in [2.24, 2.45) is 0 Å². The van der Waals surface area contributed by atoms with Gasteiger partial charge in [0.2, 0.25) is 15.9 Å². The van der Waals surface area contributed by atoms with Gasteiger partial charge in [-0.3, -0.25) is 9.10 Å². The van der Waals surface area contributed by atoms with E-state index in [4.69, 9.17) is 16.3 Å². The number of methoxy groups -OCH3 is 1. The van der Waals surface area contributed by atoms with Gasteiger partial charge in [0.15, 0.2) is 0 Å². The molecule has 0 fully saturated rings. The molecule has 0 spiro atoms. The summed E-state index contributed by atoms with van der Waals surface area (Å²) in [5, 5.41) is 3.19. The minimum Gasteiger partial charge on any atom is -0.495 e. The van der Waals surface area contributed by atoms with Crippen molar-refractivity contribution < 1.29 is 17.9 Å². The number of benzene rings is 2. The normalized spacial score (nSPS) is 12.4. The summed E-state index contributed by atoms with van der Waals surface area (Å²) < 4.78 is 31.6. The molecule has 8 heteroatoms. The van der Waals surface area contributed by atoms with Gasteiger partial charge in [0.05, 0.1) is 19.1 Å². The third-order valence-electron chi connectivity index (χ3n) is 4.35. The Bertz CT molecular complexity index is 976. The van der Waals surface area contributed by atoms with Crippen LogP contribution in [0.2, 0.25) is 5.02 Å². The monoisotopic (exact) mass is 424 g/mol. The number of aryl methyl sites for hydroxylation is 2. The van der Waals surface area contributed by atoms with Crippen LogP contribution in [-0.4, -0.2) is 33.7 Å². The van der Waals surface area contributed by atoms with Crippen LogP contribution in [0, 0.1) is 13.8 Å². The molecule has 2 aromatic rings. The van der Waals surface area contributed by atoms with E-state index in [0.717, 1.165) is 21.7 Å². The number of ether oxygens (including phenoxy) is 1. The second-order valence-corrected chi connectivity index (χ2v) is 8.90. The van der Waals surface area contributed by atoms with Gasteiger partial charge in [0.1, 0.15) is 11.8 Å². The zero-order chi connectivity index (χ0) is 21.1. The highest BCUT2D eigenvalue weighted by molar-refractivity contribution is 7.92. The number of carbonyl (C=O) groups excluding carboxylic acids is 1. The molecular weight excluding hydrogens is 400 g/mol. The number of nitrogens with one attached hydrogen (secondary N) is 1. The maximum atomic E-state index is 13.0. The van der Waals surface area contributed by atoms with E-state index in [1.165, 1.54) is 13.2 Å². The summed E-state index contributed by atoms with van der Waals surface area (Å²) in [6.45, 7) is 5.60. The predicted molar refractivity (Wildman–Crippen MR) is 114 cm³/mol. The molecule has 0 saturated carbocycles. The molecule has 0 aromatic heterocycles. The molecule has 0 unspecified atom stereocenters. The highest BCUT2D eigenvalue weighted by Gasteiger charge is 2.33. The van der Waals surface area contributed by atoms with Gasteiger partial charge in [-0.2, -0.15) is 0 Å². The molecule has 2 aromatic carbocycles. The van der Waals surface area contributed by atoms with Gasteiger partial charge < -0.3 is 10.1 Å². The molecule has 0 saturated heterocycles. The first-order valence-electron chi connectivity index (χ1n) is 8.79. The minimum atomic E-state index is -3.80. The Morgan fingerprint density at radius 1 is 1.21 bits per heavy atom. The number of anilines is 2. The van der Waals surface area contributed by atoms with E-state index < -0.39 is 22.0 Å². The van der Waals surface area contributed by atoms with Gasteiger partial charge >= 0.3 is 0 Å². The lowest BCUT2D eigenvalue weighted by Crippen LogP contribution is -2.47. The summed E-state index contributed by atoms with van der Waals surface area (Å²) in [7, 11) is -2.36. The summed E-state index contributed by atoms with van der Waals surface area (Å²) in [5.74, 6) is -0.116. The number of hydrogen-bond donors (Lipinski definition) is 1. The fraction of sp³-hybridized carbons (Fsp3) is 0.350. The lowest BCUT2D eigenvalue weighted by Gasteiger charge is -2.31. The molecule has 0 aliphatic rings. The fourth-order valence-corrected chi connectivity index (χ4v) is 4.41. The van der Waals surface area contributed by atoms with Crippen molar-refractivity contribution in [2.75, 3.05) is 23.0 Å². The third-order valence-corrected chi connectivity index (χ3v) is 5.75. The van der Waals surface area contributed by atoms with Crippen molar-refractivity contribution in [2.45, 2.75) is 33.2 Å². The molecule has 0 radical (unpaired) electrons. The summed E-state index contributed by atoms with van der Waals surface area (Å²) in [5.41, 5.74) is 2.83. The van der Waals surface area contributed by atoms with Crippen LogP contribution < -0.4 is 14.4 Å². The second kappa shape index (κ2) is 8.84. The van der Waals surface area contributed by atoms with Crippen molar-refractivity contribution >= 4 is 38.9 Å². The molecule has 1 amide bonds. The standard InChI is InChI=1S/C20H25ClN2O4S/c1-6-17(20(24)22-16-9-7-13(2)11-14(16)3)23(28(5,25)26)18-12-15(21)8-10-19(18)27-4/h7-12,17H,6H2,1-5H3,(H,22,24)/t17-/m1/s1. The largest absolute Gasteiger partial charge is 0.495 e. The van der Waals surface area contributed by atoms with Gasteiger partial charge in [-0.1, -0.05) is 36.2 Å². The lowest BCUT2D eigenvalue weighted by atomic mass is 10.1. The van der Waals surface area contributed by atoms with Crippen LogP contribution in [0.25, 0.3) is 0 Å². The summed E-state index contributed by atoms with van der Waals surface area (Å²) in [6.07, 6.45) is 1.32. The first-order valence-corrected chi connectivity index (χ1v) is 11.0. The summed E-state index contributed by atoms with van der Waals surface area (Å²) in [6, 6.07) is 9.33. The van der Waals surface area contributed by atoms with Crippen LogP contribution in [-0.2, 0) is 14.8 Å². The highest BCUT2D eigenvalue weighted by Crippen LogP contribution is 2.35. The van der Waals surface area contributed by atoms with Gasteiger partial charge in [-0.05, 0) is 50.1 Å². The van der Waals surface area contributed by atoms with Crippen molar-refractivity contribution in [1.82, 2.24) is 0 Å². The molecule has 6 nitrogen and oxygen atoms in total. The Hall–Kier alpha value is -2.25. The molecule has 2 rings (SSSR count). The van der Waals surface area contributed by atoms with Crippen LogP contribution in [0.15, 0.2) is 36.4 Å².